The number of hydrogen-bond donors (Lipinski definition) is 2. The van der Waals surface area contributed by atoms with Gasteiger partial charge in [0.2, 0.25) is 0 Å². The van der Waals surface area contributed by atoms with Crippen LogP contribution < -0.4 is 10.6 Å². The van der Waals surface area contributed by atoms with Crippen LogP contribution in [0.3, 0.4) is 0 Å². The van der Waals surface area contributed by atoms with Crippen molar-refractivity contribution < 1.29 is 9.18 Å². The zero-order valence-corrected chi connectivity index (χ0v) is 13.9. The summed E-state index contributed by atoms with van der Waals surface area (Å²) in [6.07, 6.45) is 3.07. The fourth-order valence-corrected chi connectivity index (χ4v) is 2.92. The van der Waals surface area contributed by atoms with Gasteiger partial charge in [0.25, 0.3) is 5.91 Å². The summed E-state index contributed by atoms with van der Waals surface area (Å²) in [7, 11) is 0. The lowest BCUT2D eigenvalue weighted by Gasteiger charge is -2.14. The zero-order chi connectivity index (χ0) is 17.1. The molecule has 0 saturated heterocycles. The van der Waals surface area contributed by atoms with Gasteiger partial charge in [0, 0.05) is 13.1 Å². The Morgan fingerprint density at radius 2 is 2.08 bits per heavy atom. The van der Waals surface area contributed by atoms with Gasteiger partial charge in [-0.3, -0.25) is 4.79 Å². The molecular weight excluding hydrogens is 307 g/mol. The van der Waals surface area contributed by atoms with Crippen LogP contribution in [0.15, 0.2) is 35.9 Å². The van der Waals surface area contributed by atoms with E-state index in [1.165, 1.54) is 17.7 Å². The summed E-state index contributed by atoms with van der Waals surface area (Å²) >= 11 is 0. The number of benzene rings is 1. The van der Waals surface area contributed by atoms with Crippen LogP contribution in [-0.4, -0.2) is 35.3 Å². The number of nitrogens with one attached hydrogen (secondary N) is 2. The minimum atomic E-state index is -0.298. The van der Waals surface area contributed by atoms with Crippen LogP contribution in [0, 0.1) is 19.7 Å². The van der Waals surface area contributed by atoms with Crippen molar-refractivity contribution in [2.24, 2.45) is 0 Å². The van der Waals surface area contributed by atoms with Crippen LogP contribution in [-0.2, 0) is 0 Å². The van der Waals surface area contributed by atoms with Gasteiger partial charge in [-0.1, -0.05) is 11.6 Å². The van der Waals surface area contributed by atoms with E-state index in [0.29, 0.717) is 17.8 Å². The van der Waals surface area contributed by atoms with Crippen LogP contribution in [0.4, 0.5) is 4.39 Å². The highest BCUT2D eigenvalue weighted by molar-refractivity contribution is 5.96. The fraction of sp³-hybridized carbons (Fsp3) is 0.333. The van der Waals surface area contributed by atoms with Crippen molar-refractivity contribution >= 4 is 5.91 Å². The first kappa shape index (κ1) is 16.4. The van der Waals surface area contributed by atoms with E-state index in [9.17, 15) is 9.18 Å². The second-order valence-corrected chi connectivity index (χ2v) is 5.93. The molecule has 0 radical (unpaired) electrons. The number of amides is 1. The van der Waals surface area contributed by atoms with Crippen molar-refractivity contribution in [1.29, 1.82) is 0 Å². The molecule has 0 spiro atoms. The quantitative estimate of drug-likeness (QED) is 0.847. The third kappa shape index (κ3) is 3.38. The van der Waals surface area contributed by atoms with Gasteiger partial charge in [-0.05, 0) is 51.1 Å². The maximum atomic E-state index is 13.1. The van der Waals surface area contributed by atoms with Crippen molar-refractivity contribution in [2.45, 2.75) is 20.3 Å². The fourth-order valence-electron chi connectivity index (χ4n) is 2.92. The van der Waals surface area contributed by atoms with Crippen LogP contribution in [0.5, 0.6) is 0 Å². The number of aryl methyl sites for hydroxylation is 1. The number of halogens is 1. The van der Waals surface area contributed by atoms with E-state index < -0.39 is 0 Å². The van der Waals surface area contributed by atoms with Crippen LogP contribution in [0.1, 0.15) is 28.2 Å². The highest BCUT2D eigenvalue weighted by Gasteiger charge is 2.19. The summed E-state index contributed by atoms with van der Waals surface area (Å²) in [6, 6.07) is 6.07. The number of carbonyl (C=O) groups excluding carboxylic acids is 1. The predicted molar refractivity (Wildman–Crippen MR) is 90.9 cm³/mol. The standard InChI is InChI=1S/C18H21FN4O/c1-12-17(18(24)21-11-14-7-9-20-10-8-14)13(2)23(22-12)16-5-3-15(19)4-6-16/h3-7,20H,8-11H2,1-2H3,(H,21,24). The summed E-state index contributed by atoms with van der Waals surface area (Å²) in [6.45, 7) is 6.02. The van der Waals surface area contributed by atoms with Crippen molar-refractivity contribution in [3.63, 3.8) is 0 Å². The molecule has 1 aromatic heterocycles. The number of rotatable bonds is 4. The molecule has 0 saturated carbocycles. The average molecular weight is 328 g/mol. The Hall–Kier alpha value is -2.47. The maximum absolute atomic E-state index is 13.1. The first-order valence-electron chi connectivity index (χ1n) is 8.05. The average Bonchev–Trinajstić information content (AvgIpc) is 2.89. The second-order valence-electron chi connectivity index (χ2n) is 5.93. The normalized spacial score (nSPS) is 14.4. The maximum Gasteiger partial charge on any atom is 0.255 e. The molecule has 1 aromatic carbocycles. The molecule has 0 aliphatic carbocycles. The van der Waals surface area contributed by atoms with Gasteiger partial charge in [0.1, 0.15) is 5.82 Å². The highest BCUT2D eigenvalue weighted by Crippen LogP contribution is 2.18. The molecule has 2 N–H and O–H groups in total. The molecule has 2 heterocycles. The monoisotopic (exact) mass is 328 g/mol. The summed E-state index contributed by atoms with van der Waals surface area (Å²) in [4.78, 5) is 12.6. The third-order valence-corrected chi connectivity index (χ3v) is 4.22. The van der Waals surface area contributed by atoms with Crippen LogP contribution in [0.25, 0.3) is 5.69 Å². The molecule has 1 amide bonds. The topological polar surface area (TPSA) is 59.0 Å². The summed E-state index contributed by atoms with van der Waals surface area (Å²) < 4.78 is 14.8. The van der Waals surface area contributed by atoms with Crippen molar-refractivity contribution in [1.82, 2.24) is 20.4 Å². The van der Waals surface area contributed by atoms with Gasteiger partial charge < -0.3 is 10.6 Å². The molecule has 1 aliphatic heterocycles. The van der Waals surface area contributed by atoms with E-state index in [1.54, 1.807) is 16.8 Å². The van der Waals surface area contributed by atoms with Gasteiger partial charge in [-0.15, -0.1) is 0 Å². The summed E-state index contributed by atoms with van der Waals surface area (Å²) in [5, 5.41) is 10.7. The van der Waals surface area contributed by atoms with E-state index in [0.717, 1.165) is 30.9 Å². The Balaban J connectivity index is 1.79. The van der Waals surface area contributed by atoms with Crippen molar-refractivity contribution in [2.75, 3.05) is 19.6 Å². The first-order chi connectivity index (χ1) is 11.6. The third-order valence-electron chi connectivity index (χ3n) is 4.22. The van der Waals surface area contributed by atoms with Crippen molar-refractivity contribution in [3.05, 3.63) is 58.7 Å². The molecule has 0 bridgehead atoms. The van der Waals surface area contributed by atoms with E-state index in [-0.39, 0.29) is 11.7 Å². The van der Waals surface area contributed by atoms with Crippen LogP contribution >= 0.6 is 0 Å². The van der Waals surface area contributed by atoms with Crippen molar-refractivity contribution in [3.8, 4) is 5.69 Å². The summed E-state index contributed by atoms with van der Waals surface area (Å²) in [5.74, 6) is -0.425. The van der Waals surface area contributed by atoms with Gasteiger partial charge in [0.15, 0.2) is 0 Å². The van der Waals surface area contributed by atoms with E-state index >= 15 is 0 Å². The number of hydrogen-bond acceptors (Lipinski definition) is 3. The molecule has 5 nitrogen and oxygen atoms in total. The Kier molecular flexibility index (Phi) is 4.76. The van der Waals surface area contributed by atoms with Gasteiger partial charge in [-0.2, -0.15) is 5.10 Å². The van der Waals surface area contributed by atoms with E-state index in [1.807, 2.05) is 13.8 Å². The minimum Gasteiger partial charge on any atom is -0.348 e. The number of carbonyl (C=O) groups is 1. The molecule has 1 aliphatic rings. The molecule has 0 atom stereocenters. The van der Waals surface area contributed by atoms with Gasteiger partial charge >= 0.3 is 0 Å². The molecule has 3 rings (SSSR count). The Morgan fingerprint density at radius 3 is 2.75 bits per heavy atom. The SMILES string of the molecule is Cc1nn(-c2ccc(F)cc2)c(C)c1C(=O)NCC1=CCNCC1. The lowest BCUT2D eigenvalue weighted by Crippen LogP contribution is -2.30. The number of nitrogens with zero attached hydrogens (tertiary/aromatic N) is 2. The predicted octanol–water partition coefficient (Wildman–Crippen LogP) is 2.28. The zero-order valence-electron chi connectivity index (χ0n) is 13.9. The molecule has 24 heavy (non-hydrogen) atoms. The molecule has 0 unspecified atom stereocenters. The second kappa shape index (κ2) is 6.97. The molecular formula is C18H21FN4O. The van der Waals surface area contributed by atoms with Gasteiger partial charge in [0.05, 0.1) is 22.6 Å². The molecule has 0 fully saturated rings. The Morgan fingerprint density at radius 1 is 1.33 bits per heavy atom. The molecule has 126 valence electrons. The van der Waals surface area contributed by atoms with E-state index in [4.69, 9.17) is 0 Å². The first-order valence-corrected chi connectivity index (χ1v) is 8.05. The smallest absolute Gasteiger partial charge is 0.255 e. The summed E-state index contributed by atoms with van der Waals surface area (Å²) in [5.41, 5.74) is 3.96. The van der Waals surface area contributed by atoms with Gasteiger partial charge in [-0.25, -0.2) is 9.07 Å². The van der Waals surface area contributed by atoms with E-state index in [2.05, 4.69) is 21.8 Å². The molecule has 2 aromatic rings. The molecule has 6 heteroatoms. The lowest BCUT2D eigenvalue weighted by molar-refractivity contribution is 0.0955. The highest BCUT2D eigenvalue weighted by atomic mass is 19.1. The largest absolute Gasteiger partial charge is 0.348 e. The Labute approximate surface area is 140 Å². The lowest BCUT2D eigenvalue weighted by atomic mass is 10.1. The number of aromatic nitrogens is 2. The van der Waals surface area contributed by atoms with Crippen LogP contribution in [0.2, 0.25) is 0 Å². The minimum absolute atomic E-state index is 0.127. The Bertz CT molecular complexity index is 777.